The van der Waals surface area contributed by atoms with Gasteiger partial charge in [0.25, 0.3) is 0 Å². The van der Waals surface area contributed by atoms with E-state index in [2.05, 4.69) is 9.97 Å². The maximum atomic E-state index is 11.0. The quantitative estimate of drug-likeness (QED) is 0.634. The van der Waals surface area contributed by atoms with Crippen molar-refractivity contribution >= 4 is 5.82 Å². The molecule has 0 aliphatic carbocycles. The molecule has 0 aliphatic heterocycles. The Morgan fingerprint density at radius 3 is 3.12 bits per heavy atom. The maximum absolute atomic E-state index is 11.0. The van der Waals surface area contributed by atoms with E-state index in [1.807, 2.05) is 6.07 Å². The Morgan fingerprint density at radius 1 is 1.56 bits per heavy atom. The van der Waals surface area contributed by atoms with E-state index in [9.17, 15) is 4.79 Å². The Morgan fingerprint density at radius 2 is 2.44 bits per heavy atom. The molecule has 0 radical (unpaired) electrons. The van der Waals surface area contributed by atoms with E-state index >= 15 is 0 Å². The lowest BCUT2D eigenvalue weighted by Crippen LogP contribution is -2.77. The van der Waals surface area contributed by atoms with Gasteiger partial charge in [0.1, 0.15) is 6.54 Å². The summed E-state index contributed by atoms with van der Waals surface area (Å²) in [6, 6.07) is 3.64. The van der Waals surface area contributed by atoms with Crippen LogP contribution >= 0.6 is 0 Å². The molecule has 0 aromatic carbocycles. The van der Waals surface area contributed by atoms with Crippen LogP contribution in [0.15, 0.2) is 33.8 Å². The second-order valence-electron chi connectivity index (χ2n) is 3.27. The molecule has 4 N–H and O–H groups in total. The van der Waals surface area contributed by atoms with Gasteiger partial charge in [0.05, 0.1) is 18.4 Å². The van der Waals surface area contributed by atoms with E-state index in [1.165, 1.54) is 6.20 Å². The van der Waals surface area contributed by atoms with Crippen molar-refractivity contribution in [3.63, 3.8) is 0 Å². The van der Waals surface area contributed by atoms with Crippen LogP contribution < -0.4 is 11.0 Å². The van der Waals surface area contributed by atoms with Crippen molar-refractivity contribution in [2.24, 2.45) is 0 Å². The van der Waals surface area contributed by atoms with Gasteiger partial charge >= 0.3 is 5.69 Å². The molecule has 2 aromatic rings. The molecule has 6 heteroatoms. The summed E-state index contributed by atoms with van der Waals surface area (Å²) in [4.78, 5) is 17.1. The Bertz CT molecular complexity index is 504. The van der Waals surface area contributed by atoms with E-state index in [4.69, 9.17) is 9.52 Å². The summed E-state index contributed by atoms with van der Waals surface area (Å²) in [7, 11) is 0. The Labute approximate surface area is 91.0 Å². The molecule has 2 rings (SSSR count). The molecule has 0 aliphatic rings. The molecular weight excluding hydrogens is 210 g/mol. The molecule has 0 bridgehead atoms. The van der Waals surface area contributed by atoms with Crippen LogP contribution in [0.4, 0.5) is 5.82 Å². The normalized spacial score (nSPS) is 10.6. The lowest BCUT2D eigenvalue weighted by Gasteiger charge is -2.02. The first-order valence-corrected chi connectivity index (χ1v) is 4.84. The summed E-state index contributed by atoms with van der Waals surface area (Å²) >= 11 is 0. The highest BCUT2D eigenvalue weighted by atomic mass is 16.3. The number of H-pyrrole nitrogens is 1. The standard InChI is InChI=1S/C10H11N3O3/c14-6-7-4-12-10(15)13-9(7)11-5-8-2-1-3-16-8/h1-4,14H,5-6H2,(H2,11,12,13,15)/p+1. The number of rotatable bonds is 4. The number of nitrogens with two attached hydrogens (primary N) is 1. The van der Waals surface area contributed by atoms with Crippen LogP contribution in [0.25, 0.3) is 0 Å². The number of aliphatic hydroxyl groups is 1. The van der Waals surface area contributed by atoms with Crippen LogP contribution in [0, 0.1) is 0 Å². The maximum Gasteiger partial charge on any atom is 0.349 e. The summed E-state index contributed by atoms with van der Waals surface area (Å²) in [5.41, 5.74) is 0.161. The highest BCUT2D eigenvalue weighted by molar-refractivity contribution is 5.26. The second kappa shape index (κ2) is 4.73. The minimum Gasteiger partial charge on any atom is -0.463 e. The van der Waals surface area contributed by atoms with Crippen molar-refractivity contribution in [2.45, 2.75) is 13.2 Å². The van der Waals surface area contributed by atoms with Gasteiger partial charge in [0.2, 0.25) is 5.82 Å². The van der Waals surface area contributed by atoms with Crippen LogP contribution in [0.1, 0.15) is 11.3 Å². The fourth-order valence-corrected chi connectivity index (χ4v) is 1.37. The molecule has 0 saturated carbocycles. The highest BCUT2D eigenvalue weighted by Crippen LogP contribution is 2.02. The largest absolute Gasteiger partial charge is 0.463 e. The van der Waals surface area contributed by atoms with E-state index in [0.717, 1.165) is 5.76 Å². The first-order chi connectivity index (χ1) is 7.79. The molecule has 0 saturated heterocycles. The molecule has 0 spiro atoms. The molecule has 2 aromatic heterocycles. The van der Waals surface area contributed by atoms with Gasteiger partial charge in [-0.15, -0.1) is 0 Å². The van der Waals surface area contributed by atoms with Crippen molar-refractivity contribution < 1.29 is 14.8 Å². The van der Waals surface area contributed by atoms with Gasteiger partial charge in [-0.1, -0.05) is 0 Å². The van der Waals surface area contributed by atoms with Crippen molar-refractivity contribution in [1.29, 1.82) is 0 Å². The summed E-state index contributed by atoms with van der Waals surface area (Å²) in [6.07, 6.45) is 2.96. The van der Waals surface area contributed by atoms with Gasteiger partial charge in [-0.2, -0.15) is 0 Å². The van der Waals surface area contributed by atoms with Crippen LogP contribution in [0.2, 0.25) is 0 Å². The number of furan rings is 1. The molecule has 2 heterocycles. The first-order valence-electron chi connectivity index (χ1n) is 4.84. The van der Waals surface area contributed by atoms with E-state index in [1.54, 1.807) is 17.6 Å². The van der Waals surface area contributed by atoms with Crippen LogP contribution in [0.3, 0.4) is 0 Å². The Balaban J connectivity index is 2.14. The molecule has 16 heavy (non-hydrogen) atoms. The molecule has 0 amide bonds. The monoisotopic (exact) mass is 222 g/mol. The van der Waals surface area contributed by atoms with Gasteiger partial charge in [-0.05, 0) is 12.1 Å². The summed E-state index contributed by atoms with van der Waals surface area (Å²) in [5, 5.41) is 10.8. The van der Waals surface area contributed by atoms with Gasteiger partial charge in [0.15, 0.2) is 5.76 Å². The highest BCUT2D eigenvalue weighted by Gasteiger charge is 2.08. The number of aliphatic hydroxyl groups excluding tert-OH is 1. The van der Waals surface area contributed by atoms with E-state index in [0.29, 0.717) is 17.9 Å². The third kappa shape index (κ3) is 2.36. The number of aromatic amines is 1. The van der Waals surface area contributed by atoms with E-state index in [-0.39, 0.29) is 6.61 Å². The smallest absolute Gasteiger partial charge is 0.349 e. The molecule has 0 fully saturated rings. The third-order valence-corrected chi connectivity index (χ3v) is 2.18. The molecule has 0 atom stereocenters. The minimum atomic E-state index is -0.428. The number of nitrogens with zero attached hydrogens (tertiary/aromatic N) is 1. The third-order valence-electron chi connectivity index (χ3n) is 2.18. The number of aromatic nitrogens is 2. The molecule has 0 unspecified atom stereocenters. The van der Waals surface area contributed by atoms with Crippen LogP contribution in [0.5, 0.6) is 0 Å². The molecule has 6 nitrogen and oxygen atoms in total. The lowest BCUT2D eigenvalue weighted by atomic mass is 10.3. The summed E-state index contributed by atoms with van der Waals surface area (Å²) < 4.78 is 5.16. The molecule has 84 valence electrons. The zero-order valence-electron chi connectivity index (χ0n) is 8.51. The zero-order valence-corrected chi connectivity index (χ0v) is 8.51. The van der Waals surface area contributed by atoms with Crippen molar-refractivity contribution in [3.05, 3.63) is 46.4 Å². The number of quaternary nitrogens is 1. The van der Waals surface area contributed by atoms with Crippen molar-refractivity contribution in [2.75, 3.05) is 0 Å². The fourth-order valence-electron chi connectivity index (χ4n) is 1.37. The Hall–Kier alpha value is -1.92. The Kier molecular flexibility index (Phi) is 3.13. The van der Waals surface area contributed by atoms with Crippen LogP contribution in [-0.4, -0.2) is 15.1 Å². The van der Waals surface area contributed by atoms with Crippen molar-refractivity contribution in [3.8, 4) is 0 Å². The van der Waals surface area contributed by atoms with Gasteiger partial charge in [0, 0.05) is 6.20 Å². The SMILES string of the molecule is O=c1ncc(CO)c([NH2+]Cc2ccco2)[nH]1. The van der Waals surface area contributed by atoms with Gasteiger partial charge in [-0.25, -0.2) is 9.78 Å². The minimum absolute atomic E-state index is 0.159. The average Bonchev–Trinajstić information content (AvgIpc) is 2.79. The van der Waals surface area contributed by atoms with Gasteiger partial charge < -0.3 is 9.52 Å². The van der Waals surface area contributed by atoms with Crippen molar-refractivity contribution in [1.82, 2.24) is 9.97 Å². The number of nitrogens with one attached hydrogen (secondary N) is 1. The predicted molar refractivity (Wildman–Crippen MR) is 54.8 cm³/mol. The summed E-state index contributed by atoms with van der Waals surface area (Å²) in [6.45, 7) is 0.397. The average molecular weight is 222 g/mol. The number of hydrogen-bond donors (Lipinski definition) is 3. The fraction of sp³-hybridized carbons (Fsp3) is 0.200. The first kappa shape index (κ1) is 10.6. The van der Waals surface area contributed by atoms with Gasteiger partial charge in [-0.3, -0.25) is 10.3 Å². The predicted octanol–water partition coefficient (Wildman–Crippen LogP) is -0.750. The van der Waals surface area contributed by atoms with E-state index < -0.39 is 5.69 Å². The topological polar surface area (TPSA) is 95.7 Å². The lowest BCUT2D eigenvalue weighted by molar-refractivity contribution is -0.595. The summed E-state index contributed by atoms with van der Waals surface area (Å²) in [5.74, 6) is 1.38. The number of hydrogen-bond acceptors (Lipinski definition) is 4. The van der Waals surface area contributed by atoms with Crippen LogP contribution in [-0.2, 0) is 13.2 Å². The molecular formula is C10H12N3O3+. The zero-order chi connectivity index (χ0) is 11.4. The second-order valence-corrected chi connectivity index (χ2v) is 3.27.